The zero-order valence-corrected chi connectivity index (χ0v) is 8.78. The van der Waals surface area contributed by atoms with Crippen LogP contribution in [0.3, 0.4) is 0 Å². The van der Waals surface area contributed by atoms with Crippen LogP contribution < -0.4 is 10.5 Å². The molecule has 0 bridgehead atoms. The Kier molecular flexibility index (Phi) is 3.23. The summed E-state index contributed by atoms with van der Waals surface area (Å²) in [6, 6.07) is 6.16. The SMILES string of the molecule is NCC(O)COc1ccc2c(c1)CCC2. The van der Waals surface area contributed by atoms with Crippen molar-refractivity contribution in [1.29, 1.82) is 0 Å². The fourth-order valence-electron chi connectivity index (χ4n) is 1.90. The number of fused-ring (bicyclic) bond motifs is 1. The summed E-state index contributed by atoms with van der Waals surface area (Å²) in [6.07, 6.45) is 3.00. The minimum absolute atomic E-state index is 0.241. The van der Waals surface area contributed by atoms with Crippen molar-refractivity contribution in [3.05, 3.63) is 29.3 Å². The second-order valence-corrected chi connectivity index (χ2v) is 3.98. The van der Waals surface area contributed by atoms with Gasteiger partial charge in [0.25, 0.3) is 0 Å². The molecule has 82 valence electrons. The van der Waals surface area contributed by atoms with Gasteiger partial charge in [0.1, 0.15) is 18.5 Å². The second kappa shape index (κ2) is 4.64. The van der Waals surface area contributed by atoms with E-state index in [9.17, 15) is 5.11 Å². The standard InChI is InChI=1S/C12H17NO2/c13-7-11(14)8-15-12-5-4-9-2-1-3-10(9)6-12/h4-6,11,14H,1-3,7-8,13H2. The molecule has 1 aromatic carbocycles. The van der Waals surface area contributed by atoms with Crippen LogP contribution in [0.25, 0.3) is 0 Å². The van der Waals surface area contributed by atoms with E-state index in [-0.39, 0.29) is 13.2 Å². The topological polar surface area (TPSA) is 55.5 Å². The number of nitrogens with two attached hydrogens (primary N) is 1. The van der Waals surface area contributed by atoms with Crippen molar-refractivity contribution in [3.63, 3.8) is 0 Å². The predicted octanol–water partition coefficient (Wildman–Crippen LogP) is 0.874. The third-order valence-electron chi connectivity index (χ3n) is 2.78. The molecule has 0 aliphatic heterocycles. The number of aryl methyl sites for hydroxylation is 2. The molecule has 3 N–H and O–H groups in total. The lowest BCUT2D eigenvalue weighted by Crippen LogP contribution is -2.26. The van der Waals surface area contributed by atoms with Gasteiger partial charge in [-0.15, -0.1) is 0 Å². The van der Waals surface area contributed by atoms with Crippen LogP contribution in [0.5, 0.6) is 5.75 Å². The molecular formula is C12H17NO2. The van der Waals surface area contributed by atoms with Crippen LogP contribution in [-0.4, -0.2) is 24.4 Å². The molecule has 2 rings (SSSR count). The summed E-state index contributed by atoms with van der Waals surface area (Å²) in [6.45, 7) is 0.514. The first-order valence-corrected chi connectivity index (χ1v) is 5.42. The fourth-order valence-corrected chi connectivity index (χ4v) is 1.90. The van der Waals surface area contributed by atoms with Gasteiger partial charge in [-0.3, -0.25) is 0 Å². The van der Waals surface area contributed by atoms with Crippen LogP contribution in [-0.2, 0) is 12.8 Å². The maximum atomic E-state index is 9.26. The van der Waals surface area contributed by atoms with Crippen LogP contribution >= 0.6 is 0 Å². The van der Waals surface area contributed by atoms with Crippen LogP contribution in [0, 0.1) is 0 Å². The minimum atomic E-state index is -0.571. The van der Waals surface area contributed by atoms with E-state index in [2.05, 4.69) is 12.1 Å². The zero-order valence-electron chi connectivity index (χ0n) is 8.78. The van der Waals surface area contributed by atoms with Crippen molar-refractivity contribution >= 4 is 0 Å². The highest BCUT2D eigenvalue weighted by Gasteiger charge is 2.11. The lowest BCUT2D eigenvalue weighted by molar-refractivity contribution is 0.114. The molecule has 3 nitrogen and oxygen atoms in total. The highest BCUT2D eigenvalue weighted by atomic mass is 16.5. The quantitative estimate of drug-likeness (QED) is 0.770. The number of aliphatic hydroxyl groups excluding tert-OH is 1. The molecule has 1 aliphatic carbocycles. The number of hydrogen-bond acceptors (Lipinski definition) is 3. The maximum Gasteiger partial charge on any atom is 0.119 e. The Morgan fingerprint density at radius 3 is 2.93 bits per heavy atom. The van der Waals surface area contributed by atoms with Gasteiger partial charge in [-0.2, -0.15) is 0 Å². The van der Waals surface area contributed by atoms with E-state index in [1.54, 1.807) is 0 Å². The number of hydrogen-bond donors (Lipinski definition) is 2. The third-order valence-corrected chi connectivity index (χ3v) is 2.78. The van der Waals surface area contributed by atoms with E-state index in [4.69, 9.17) is 10.5 Å². The van der Waals surface area contributed by atoms with E-state index in [1.807, 2.05) is 6.07 Å². The Balaban J connectivity index is 1.98. The molecule has 0 fully saturated rings. The Morgan fingerprint density at radius 2 is 2.13 bits per heavy atom. The molecular weight excluding hydrogens is 190 g/mol. The average molecular weight is 207 g/mol. The van der Waals surface area contributed by atoms with E-state index in [0.29, 0.717) is 0 Å². The summed E-state index contributed by atoms with van der Waals surface area (Å²) in [4.78, 5) is 0. The number of benzene rings is 1. The first-order valence-electron chi connectivity index (χ1n) is 5.42. The van der Waals surface area contributed by atoms with E-state index in [1.165, 1.54) is 24.0 Å². The molecule has 1 unspecified atom stereocenters. The van der Waals surface area contributed by atoms with Gasteiger partial charge in [0.2, 0.25) is 0 Å². The molecule has 0 spiro atoms. The Morgan fingerprint density at radius 1 is 1.33 bits per heavy atom. The number of rotatable bonds is 4. The Hall–Kier alpha value is -1.06. The molecule has 0 radical (unpaired) electrons. The van der Waals surface area contributed by atoms with Crippen molar-refractivity contribution in [2.75, 3.05) is 13.2 Å². The molecule has 0 heterocycles. The second-order valence-electron chi connectivity index (χ2n) is 3.98. The van der Waals surface area contributed by atoms with Crippen LogP contribution in [0.4, 0.5) is 0 Å². The van der Waals surface area contributed by atoms with Gasteiger partial charge in [-0.25, -0.2) is 0 Å². The fraction of sp³-hybridized carbons (Fsp3) is 0.500. The molecule has 0 saturated carbocycles. The summed E-state index contributed by atoms with van der Waals surface area (Å²) >= 11 is 0. The number of aliphatic hydroxyl groups is 1. The molecule has 1 atom stereocenters. The van der Waals surface area contributed by atoms with Gasteiger partial charge < -0.3 is 15.6 Å². The molecule has 1 aromatic rings. The zero-order chi connectivity index (χ0) is 10.7. The summed E-state index contributed by atoms with van der Waals surface area (Å²) in [5, 5.41) is 9.26. The predicted molar refractivity (Wildman–Crippen MR) is 59.0 cm³/mol. The molecule has 3 heteroatoms. The van der Waals surface area contributed by atoms with E-state index in [0.717, 1.165) is 12.2 Å². The van der Waals surface area contributed by atoms with Crippen molar-refractivity contribution in [3.8, 4) is 5.75 Å². The van der Waals surface area contributed by atoms with E-state index < -0.39 is 6.10 Å². The summed E-state index contributed by atoms with van der Waals surface area (Å²) < 4.78 is 5.45. The molecule has 15 heavy (non-hydrogen) atoms. The summed E-state index contributed by atoms with van der Waals surface area (Å²) in [5.74, 6) is 0.836. The lowest BCUT2D eigenvalue weighted by atomic mass is 10.1. The van der Waals surface area contributed by atoms with Gasteiger partial charge in [0, 0.05) is 6.54 Å². The number of ether oxygens (including phenoxy) is 1. The normalized spacial score (nSPS) is 16.1. The first-order chi connectivity index (χ1) is 7.29. The highest BCUT2D eigenvalue weighted by Crippen LogP contribution is 2.25. The monoisotopic (exact) mass is 207 g/mol. The highest BCUT2D eigenvalue weighted by molar-refractivity contribution is 5.38. The summed E-state index contributed by atoms with van der Waals surface area (Å²) in [7, 11) is 0. The van der Waals surface area contributed by atoms with Gasteiger partial charge in [-0.1, -0.05) is 6.07 Å². The first kappa shape index (κ1) is 10.5. The molecule has 0 saturated heterocycles. The van der Waals surface area contributed by atoms with Gasteiger partial charge in [-0.05, 0) is 42.5 Å². The molecule has 0 aromatic heterocycles. The van der Waals surface area contributed by atoms with E-state index >= 15 is 0 Å². The largest absolute Gasteiger partial charge is 0.491 e. The van der Waals surface area contributed by atoms with Crippen molar-refractivity contribution in [2.24, 2.45) is 5.73 Å². The van der Waals surface area contributed by atoms with Gasteiger partial charge in [0.05, 0.1) is 0 Å². The Bertz CT molecular complexity index is 338. The van der Waals surface area contributed by atoms with Crippen LogP contribution in [0.2, 0.25) is 0 Å². The van der Waals surface area contributed by atoms with Crippen LogP contribution in [0.1, 0.15) is 17.5 Å². The minimum Gasteiger partial charge on any atom is -0.491 e. The average Bonchev–Trinajstić information content (AvgIpc) is 2.72. The van der Waals surface area contributed by atoms with Crippen LogP contribution in [0.15, 0.2) is 18.2 Å². The van der Waals surface area contributed by atoms with Gasteiger partial charge in [0.15, 0.2) is 0 Å². The smallest absolute Gasteiger partial charge is 0.119 e. The lowest BCUT2D eigenvalue weighted by Gasteiger charge is -2.11. The molecule has 0 amide bonds. The van der Waals surface area contributed by atoms with Gasteiger partial charge >= 0.3 is 0 Å². The molecule has 1 aliphatic rings. The van der Waals surface area contributed by atoms with Crippen molar-refractivity contribution < 1.29 is 9.84 Å². The van der Waals surface area contributed by atoms with Crippen molar-refractivity contribution in [2.45, 2.75) is 25.4 Å². The van der Waals surface area contributed by atoms with Crippen molar-refractivity contribution in [1.82, 2.24) is 0 Å². The third kappa shape index (κ3) is 2.49. The maximum absolute atomic E-state index is 9.26. The summed E-state index contributed by atoms with van der Waals surface area (Å²) in [5.41, 5.74) is 8.11. The Labute approximate surface area is 89.9 Å².